The molecule has 1 fully saturated rings. The maximum absolute atomic E-state index is 9.72. The van der Waals surface area contributed by atoms with Crippen molar-refractivity contribution in [3.63, 3.8) is 0 Å². The summed E-state index contributed by atoms with van der Waals surface area (Å²) in [6.45, 7) is 4.30. The Bertz CT molecular complexity index is 1450. The first-order valence-electron chi connectivity index (χ1n) is 11.5. The van der Waals surface area contributed by atoms with E-state index in [2.05, 4.69) is 45.8 Å². The van der Waals surface area contributed by atoms with Crippen LogP contribution in [0.5, 0.6) is 0 Å². The van der Waals surface area contributed by atoms with Crippen LogP contribution in [0.4, 0.5) is 0 Å². The minimum absolute atomic E-state index is 0.414. The number of hydrogen-bond acceptors (Lipinski definition) is 6. The Morgan fingerprint density at radius 1 is 1.17 bits per heavy atom. The van der Waals surface area contributed by atoms with E-state index in [4.69, 9.17) is 16.7 Å². The number of nitriles is 1. The van der Waals surface area contributed by atoms with Gasteiger partial charge in [0.15, 0.2) is 0 Å². The zero-order chi connectivity index (χ0) is 24.5. The molecule has 9 heteroatoms. The van der Waals surface area contributed by atoms with Gasteiger partial charge in [0.2, 0.25) is 0 Å². The number of rotatable bonds is 5. The molecule has 4 heterocycles. The highest BCUT2D eigenvalue weighted by Gasteiger charge is 2.23. The van der Waals surface area contributed by atoms with Crippen molar-refractivity contribution in [2.45, 2.75) is 35.6 Å². The molecule has 1 aromatic carbocycles. The molecule has 178 valence electrons. The van der Waals surface area contributed by atoms with E-state index in [0.717, 1.165) is 63.6 Å². The van der Waals surface area contributed by atoms with Crippen LogP contribution in [0.3, 0.4) is 0 Å². The van der Waals surface area contributed by atoms with E-state index < -0.39 is 0 Å². The molecule has 35 heavy (non-hydrogen) atoms. The van der Waals surface area contributed by atoms with Gasteiger partial charge >= 0.3 is 0 Å². The van der Waals surface area contributed by atoms with Crippen LogP contribution in [0, 0.1) is 18.3 Å². The molecule has 7 nitrogen and oxygen atoms in total. The van der Waals surface area contributed by atoms with E-state index >= 15 is 0 Å². The van der Waals surface area contributed by atoms with E-state index in [-0.39, 0.29) is 0 Å². The minimum atomic E-state index is 0.414. The topological polar surface area (TPSA) is 74.5 Å². The van der Waals surface area contributed by atoms with Crippen LogP contribution in [0.25, 0.3) is 16.6 Å². The first kappa shape index (κ1) is 23.6. The van der Waals surface area contributed by atoms with Crippen LogP contribution < -0.4 is 0 Å². The molecule has 5 rings (SSSR count). The lowest BCUT2D eigenvalue weighted by Gasteiger charge is -2.29. The van der Waals surface area contributed by atoms with Gasteiger partial charge < -0.3 is 4.90 Å². The van der Waals surface area contributed by atoms with Crippen LogP contribution >= 0.6 is 23.4 Å². The monoisotopic (exact) mass is 503 g/mol. The number of benzene rings is 1. The standard InChI is InChI=1S/C26H26ClN7S/c1-17-23(15-31-34(17)22-6-8-32(3)9-7-22)19-11-25(26-20(12-28)14-30-33(26)16-19)35-24-5-4-21(27)10-18(24)13-29-2/h4-5,10-11,13-16,22H,6-9H2,1-3H3. The predicted molar refractivity (Wildman–Crippen MR) is 141 cm³/mol. The van der Waals surface area contributed by atoms with Gasteiger partial charge in [-0.25, -0.2) is 4.52 Å². The maximum atomic E-state index is 9.72. The molecule has 0 unspecified atom stereocenters. The van der Waals surface area contributed by atoms with Gasteiger partial charge in [0.05, 0.1) is 29.5 Å². The van der Waals surface area contributed by atoms with E-state index in [1.54, 1.807) is 35.7 Å². The van der Waals surface area contributed by atoms with E-state index in [1.165, 1.54) is 0 Å². The number of fused-ring (bicyclic) bond motifs is 1. The molecule has 4 aromatic rings. The Hall–Kier alpha value is -3.12. The molecule has 3 aromatic heterocycles. The van der Waals surface area contributed by atoms with Gasteiger partial charge in [-0.2, -0.15) is 15.5 Å². The largest absolute Gasteiger partial charge is 0.306 e. The van der Waals surface area contributed by atoms with Crippen molar-refractivity contribution in [3.05, 3.63) is 64.7 Å². The molecule has 0 radical (unpaired) electrons. The third-order valence-corrected chi connectivity index (χ3v) is 7.90. The molecule has 1 aliphatic rings. The van der Waals surface area contributed by atoms with Crippen molar-refractivity contribution in [1.29, 1.82) is 5.26 Å². The van der Waals surface area contributed by atoms with Crippen LogP contribution in [-0.4, -0.2) is 57.7 Å². The lowest BCUT2D eigenvalue weighted by atomic mass is 10.0. The molecular weight excluding hydrogens is 478 g/mol. The number of piperidine rings is 1. The van der Waals surface area contributed by atoms with Crippen molar-refractivity contribution < 1.29 is 0 Å². The molecule has 0 N–H and O–H groups in total. The average molecular weight is 504 g/mol. The zero-order valence-electron chi connectivity index (χ0n) is 19.9. The van der Waals surface area contributed by atoms with Crippen molar-refractivity contribution in [2.24, 2.45) is 4.99 Å². The van der Waals surface area contributed by atoms with Crippen LogP contribution in [0.1, 0.15) is 35.7 Å². The second-order valence-corrected chi connectivity index (χ2v) is 10.4. The molecule has 0 bridgehead atoms. The Morgan fingerprint density at radius 3 is 2.71 bits per heavy atom. The summed E-state index contributed by atoms with van der Waals surface area (Å²) in [4.78, 5) is 8.49. The molecule has 0 atom stereocenters. The maximum Gasteiger partial charge on any atom is 0.103 e. The molecule has 0 amide bonds. The van der Waals surface area contributed by atoms with Gasteiger partial charge in [-0.05, 0) is 64.2 Å². The third-order valence-electron chi connectivity index (χ3n) is 6.55. The number of hydrogen-bond donors (Lipinski definition) is 0. The molecule has 0 aliphatic carbocycles. The fourth-order valence-electron chi connectivity index (χ4n) is 4.68. The average Bonchev–Trinajstić information content (AvgIpc) is 3.45. The lowest BCUT2D eigenvalue weighted by molar-refractivity contribution is 0.210. The Morgan fingerprint density at radius 2 is 1.97 bits per heavy atom. The zero-order valence-corrected chi connectivity index (χ0v) is 21.5. The highest BCUT2D eigenvalue weighted by atomic mass is 35.5. The fourth-order valence-corrected chi connectivity index (χ4v) is 5.95. The summed E-state index contributed by atoms with van der Waals surface area (Å²) in [6.07, 6.45) is 9.55. The van der Waals surface area contributed by atoms with E-state index in [1.807, 2.05) is 30.6 Å². The number of aliphatic imine (C=N–C) groups is 1. The number of likely N-dealkylation sites (tertiary alicyclic amines) is 1. The highest BCUT2D eigenvalue weighted by Crippen LogP contribution is 2.38. The number of aromatic nitrogens is 4. The van der Waals surface area contributed by atoms with E-state index in [9.17, 15) is 5.26 Å². The Labute approximate surface area is 214 Å². The second kappa shape index (κ2) is 9.86. The molecule has 1 aliphatic heterocycles. The van der Waals surface area contributed by atoms with Crippen LogP contribution in [0.2, 0.25) is 5.02 Å². The highest BCUT2D eigenvalue weighted by molar-refractivity contribution is 7.99. The molecular formula is C26H26ClN7S. The summed E-state index contributed by atoms with van der Waals surface area (Å²) in [7, 11) is 3.91. The molecule has 0 spiro atoms. The molecule has 0 saturated carbocycles. The third kappa shape index (κ3) is 4.59. The summed E-state index contributed by atoms with van der Waals surface area (Å²) in [6, 6.07) is 10.6. The van der Waals surface area contributed by atoms with Crippen molar-refractivity contribution in [3.8, 4) is 17.2 Å². The SMILES string of the molecule is CN=Cc1cc(Cl)ccc1Sc1cc(-c2cnn(C3CCN(C)CC3)c2C)cn2ncc(C#N)c12. The van der Waals surface area contributed by atoms with Gasteiger partial charge in [-0.3, -0.25) is 9.67 Å². The first-order valence-corrected chi connectivity index (χ1v) is 12.7. The van der Waals surface area contributed by atoms with Gasteiger partial charge in [-0.1, -0.05) is 23.4 Å². The van der Waals surface area contributed by atoms with Crippen molar-refractivity contribution in [2.75, 3.05) is 27.2 Å². The quantitative estimate of drug-likeness (QED) is 0.336. The normalized spacial score (nSPS) is 15.3. The summed E-state index contributed by atoms with van der Waals surface area (Å²) in [5, 5.41) is 19.6. The van der Waals surface area contributed by atoms with E-state index in [0.29, 0.717) is 16.6 Å². The minimum Gasteiger partial charge on any atom is -0.306 e. The van der Waals surface area contributed by atoms with Crippen molar-refractivity contribution >= 4 is 35.1 Å². The Kier molecular flexibility index (Phi) is 6.65. The van der Waals surface area contributed by atoms with Gasteiger partial charge in [0.1, 0.15) is 6.07 Å². The Balaban J connectivity index is 1.59. The predicted octanol–water partition coefficient (Wildman–Crippen LogP) is 5.50. The van der Waals surface area contributed by atoms with Crippen LogP contribution in [0.15, 0.2) is 57.6 Å². The number of pyridine rings is 1. The second-order valence-electron chi connectivity index (χ2n) is 8.85. The summed E-state index contributed by atoms with van der Waals surface area (Å²) >= 11 is 7.82. The van der Waals surface area contributed by atoms with Gasteiger partial charge in [0.25, 0.3) is 0 Å². The lowest BCUT2D eigenvalue weighted by Crippen LogP contribution is -2.32. The number of halogens is 1. The van der Waals surface area contributed by atoms with Gasteiger partial charge in [0, 0.05) is 56.7 Å². The van der Waals surface area contributed by atoms with Gasteiger partial charge in [-0.15, -0.1) is 0 Å². The summed E-state index contributed by atoms with van der Waals surface area (Å²) in [5.74, 6) is 0. The van der Waals surface area contributed by atoms with Crippen LogP contribution in [-0.2, 0) is 0 Å². The van der Waals surface area contributed by atoms with Crippen molar-refractivity contribution in [1.82, 2.24) is 24.3 Å². The summed E-state index contributed by atoms with van der Waals surface area (Å²) < 4.78 is 3.98. The summed E-state index contributed by atoms with van der Waals surface area (Å²) in [5.41, 5.74) is 5.50. The fraction of sp³-hybridized carbons (Fsp3) is 0.308. The number of nitrogens with zero attached hydrogens (tertiary/aromatic N) is 7. The smallest absolute Gasteiger partial charge is 0.103 e. The first-order chi connectivity index (χ1) is 17.0. The molecule has 1 saturated heterocycles.